The van der Waals surface area contributed by atoms with Crippen molar-refractivity contribution in [2.24, 2.45) is 0 Å². The molecule has 0 spiro atoms. The summed E-state index contributed by atoms with van der Waals surface area (Å²) < 4.78 is 21.4. The van der Waals surface area contributed by atoms with Crippen LogP contribution in [0.15, 0.2) is 60.7 Å². The molecular formula is C24H24N2O6. The Morgan fingerprint density at radius 2 is 1.78 bits per heavy atom. The summed E-state index contributed by atoms with van der Waals surface area (Å²) in [7, 11) is 1.42. The normalized spacial score (nSPS) is 10.5. The van der Waals surface area contributed by atoms with Crippen LogP contribution >= 0.6 is 0 Å². The van der Waals surface area contributed by atoms with Gasteiger partial charge in [-0.2, -0.15) is 5.26 Å². The minimum atomic E-state index is -0.623. The first-order chi connectivity index (χ1) is 15.5. The summed E-state index contributed by atoms with van der Waals surface area (Å²) in [5, 5.41) is 11.8. The molecule has 0 saturated heterocycles. The monoisotopic (exact) mass is 436 g/mol. The topological polar surface area (TPSA) is 107 Å². The molecule has 0 aliphatic carbocycles. The molecule has 0 aliphatic heterocycles. The average Bonchev–Trinajstić information content (AvgIpc) is 2.81. The van der Waals surface area contributed by atoms with Crippen LogP contribution in [-0.4, -0.2) is 38.7 Å². The molecule has 8 heteroatoms. The molecule has 0 bridgehead atoms. The Bertz CT molecular complexity index is 1020. The summed E-state index contributed by atoms with van der Waals surface area (Å²) in [6, 6.07) is 13.4. The molecule has 166 valence electrons. The van der Waals surface area contributed by atoms with E-state index in [0.717, 1.165) is 0 Å². The van der Waals surface area contributed by atoms with E-state index in [1.807, 2.05) is 13.0 Å². The number of nitrogens with zero attached hydrogens (tertiary/aromatic N) is 1. The number of nitriles is 1. The molecule has 32 heavy (non-hydrogen) atoms. The van der Waals surface area contributed by atoms with Crippen molar-refractivity contribution in [1.29, 1.82) is 5.26 Å². The third kappa shape index (κ3) is 7.22. The Labute approximate surface area is 186 Å². The molecule has 8 nitrogen and oxygen atoms in total. The van der Waals surface area contributed by atoms with Crippen molar-refractivity contribution < 1.29 is 28.5 Å². The third-order valence-electron chi connectivity index (χ3n) is 3.99. The van der Waals surface area contributed by atoms with Gasteiger partial charge in [0, 0.05) is 6.54 Å². The fourth-order valence-electron chi connectivity index (χ4n) is 2.53. The summed E-state index contributed by atoms with van der Waals surface area (Å²) in [6.45, 7) is 5.90. The Morgan fingerprint density at radius 1 is 1.09 bits per heavy atom. The summed E-state index contributed by atoms with van der Waals surface area (Å²) in [5.41, 5.74) is 0.444. The van der Waals surface area contributed by atoms with Crippen molar-refractivity contribution in [2.75, 3.05) is 26.9 Å². The number of carbonyl (C=O) groups is 2. The molecule has 0 unspecified atom stereocenters. The largest absolute Gasteiger partial charge is 0.494 e. The van der Waals surface area contributed by atoms with Crippen LogP contribution in [0.1, 0.15) is 12.5 Å². The van der Waals surface area contributed by atoms with Crippen molar-refractivity contribution >= 4 is 18.0 Å². The highest BCUT2D eigenvalue weighted by molar-refractivity contribution is 6.01. The quantitative estimate of drug-likeness (QED) is 0.189. The van der Waals surface area contributed by atoms with Crippen LogP contribution in [0, 0.1) is 11.3 Å². The second-order valence-electron chi connectivity index (χ2n) is 6.25. The van der Waals surface area contributed by atoms with Gasteiger partial charge in [0.05, 0.1) is 13.7 Å². The summed E-state index contributed by atoms with van der Waals surface area (Å²) in [5.74, 6) is 0.502. The van der Waals surface area contributed by atoms with Crippen molar-refractivity contribution in [3.8, 4) is 29.1 Å². The van der Waals surface area contributed by atoms with Crippen LogP contribution in [0.25, 0.3) is 6.08 Å². The van der Waals surface area contributed by atoms with Gasteiger partial charge in [-0.3, -0.25) is 4.79 Å². The molecule has 0 atom stereocenters. The SMILES string of the molecule is C=CCNC(=O)/C(C#N)=C/c1ccc(OC(=O)COc2ccc(OCC)cc2)c(OC)c1. The number of hydrogen-bond donors (Lipinski definition) is 1. The van der Waals surface area contributed by atoms with Gasteiger partial charge in [-0.25, -0.2) is 4.79 Å². The van der Waals surface area contributed by atoms with Crippen LogP contribution in [-0.2, 0) is 9.59 Å². The Hall–Kier alpha value is -4.25. The van der Waals surface area contributed by atoms with E-state index in [1.165, 1.54) is 25.3 Å². The number of nitrogens with one attached hydrogen (secondary N) is 1. The number of methoxy groups -OCH3 is 1. The van der Waals surface area contributed by atoms with Crippen molar-refractivity contribution in [3.63, 3.8) is 0 Å². The van der Waals surface area contributed by atoms with Crippen molar-refractivity contribution in [3.05, 3.63) is 66.3 Å². The number of carbonyl (C=O) groups excluding carboxylic acids is 2. The average molecular weight is 436 g/mol. The minimum Gasteiger partial charge on any atom is -0.494 e. The van der Waals surface area contributed by atoms with Gasteiger partial charge < -0.3 is 24.3 Å². The highest BCUT2D eigenvalue weighted by Crippen LogP contribution is 2.29. The predicted molar refractivity (Wildman–Crippen MR) is 119 cm³/mol. The van der Waals surface area contributed by atoms with Crippen LogP contribution in [0.3, 0.4) is 0 Å². The summed E-state index contributed by atoms with van der Waals surface area (Å²) >= 11 is 0. The number of esters is 1. The van der Waals surface area contributed by atoms with Crippen molar-refractivity contribution in [1.82, 2.24) is 5.32 Å². The third-order valence-corrected chi connectivity index (χ3v) is 3.99. The molecule has 0 radical (unpaired) electrons. The van der Waals surface area contributed by atoms with Crippen LogP contribution in [0.5, 0.6) is 23.0 Å². The molecule has 0 aromatic heterocycles. The fraction of sp³-hybridized carbons (Fsp3) is 0.208. The molecular weight excluding hydrogens is 412 g/mol. The van der Waals surface area contributed by atoms with E-state index < -0.39 is 11.9 Å². The van der Waals surface area contributed by atoms with Gasteiger partial charge >= 0.3 is 5.97 Å². The molecule has 0 heterocycles. The van der Waals surface area contributed by atoms with E-state index in [0.29, 0.717) is 23.7 Å². The van der Waals surface area contributed by atoms with Gasteiger partial charge in [0.15, 0.2) is 18.1 Å². The Balaban J connectivity index is 2.03. The van der Waals surface area contributed by atoms with Crippen molar-refractivity contribution in [2.45, 2.75) is 6.92 Å². The fourth-order valence-corrected chi connectivity index (χ4v) is 2.53. The lowest BCUT2D eigenvalue weighted by Crippen LogP contribution is -2.24. The van der Waals surface area contributed by atoms with E-state index >= 15 is 0 Å². The summed E-state index contributed by atoms with van der Waals surface area (Å²) in [6.07, 6.45) is 2.92. The van der Waals surface area contributed by atoms with E-state index in [-0.39, 0.29) is 30.2 Å². The van der Waals surface area contributed by atoms with Gasteiger partial charge in [-0.1, -0.05) is 12.1 Å². The zero-order chi connectivity index (χ0) is 23.3. The lowest BCUT2D eigenvalue weighted by molar-refractivity contribution is -0.136. The molecule has 2 aromatic rings. The number of amides is 1. The van der Waals surface area contributed by atoms with E-state index in [1.54, 1.807) is 36.4 Å². The first-order valence-electron chi connectivity index (χ1n) is 9.76. The number of ether oxygens (including phenoxy) is 4. The van der Waals surface area contributed by atoms with Crippen LogP contribution in [0.4, 0.5) is 0 Å². The lowest BCUT2D eigenvalue weighted by atomic mass is 10.1. The zero-order valence-corrected chi connectivity index (χ0v) is 17.9. The lowest BCUT2D eigenvalue weighted by Gasteiger charge is -2.11. The van der Waals surface area contributed by atoms with Gasteiger partial charge in [0.1, 0.15) is 23.1 Å². The standard InChI is InChI=1S/C24H24N2O6/c1-4-12-26-24(28)18(15-25)13-17-6-11-21(22(14-17)29-3)32-23(27)16-31-20-9-7-19(8-10-20)30-5-2/h4,6-11,13-14H,1,5,12,16H2,2-3H3,(H,26,28)/b18-13+. The minimum absolute atomic E-state index is 0.0811. The zero-order valence-electron chi connectivity index (χ0n) is 17.9. The molecule has 0 aliphatic rings. The van der Waals surface area contributed by atoms with Crippen LogP contribution < -0.4 is 24.3 Å². The number of hydrogen-bond acceptors (Lipinski definition) is 7. The van der Waals surface area contributed by atoms with E-state index in [2.05, 4.69) is 11.9 Å². The van der Waals surface area contributed by atoms with Crippen LogP contribution in [0.2, 0.25) is 0 Å². The van der Waals surface area contributed by atoms with E-state index in [4.69, 9.17) is 18.9 Å². The first-order valence-corrected chi connectivity index (χ1v) is 9.76. The predicted octanol–water partition coefficient (Wildman–Crippen LogP) is 3.29. The van der Waals surface area contributed by atoms with Gasteiger partial charge in [-0.05, 0) is 55.0 Å². The van der Waals surface area contributed by atoms with Gasteiger partial charge in [0.25, 0.3) is 5.91 Å². The molecule has 2 rings (SSSR count). The first kappa shape index (κ1) is 24.0. The molecule has 1 N–H and O–H groups in total. The van der Waals surface area contributed by atoms with Gasteiger partial charge in [0.2, 0.25) is 0 Å². The molecule has 1 amide bonds. The smallest absolute Gasteiger partial charge is 0.349 e. The highest BCUT2D eigenvalue weighted by atomic mass is 16.6. The second-order valence-corrected chi connectivity index (χ2v) is 6.25. The maximum absolute atomic E-state index is 12.2. The maximum Gasteiger partial charge on any atom is 0.349 e. The Morgan fingerprint density at radius 3 is 2.38 bits per heavy atom. The molecule has 0 saturated carbocycles. The second kappa shape index (κ2) is 12.4. The highest BCUT2D eigenvalue weighted by Gasteiger charge is 2.13. The summed E-state index contributed by atoms with van der Waals surface area (Å²) in [4.78, 5) is 24.2. The maximum atomic E-state index is 12.2. The molecule has 0 fully saturated rings. The number of benzene rings is 2. The number of rotatable bonds is 11. The Kier molecular flexibility index (Phi) is 9.34. The van der Waals surface area contributed by atoms with E-state index in [9.17, 15) is 14.9 Å². The molecule has 2 aromatic carbocycles. The van der Waals surface area contributed by atoms with Gasteiger partial charge in [-0.15, -0.1) is 6.58 Å².